The van der Waals surface area contributed by atoms with E-state index in [0.29, 0.717) is 0 Å². The summed E-state index contributed by atoms with van der Waals surface area (Å²) >= 11 is 1.76. The van der Waals surface area contributed by atoms with Crippen molar-refractivity contribution in [3.63, 3.8) is 0 Å². The van der Waals surface area contributed by atoms with Crippen molar-refractivity contribution in [1.82, 2.24) is 10.6 Å². The average molecular weight is 230 g/mol. The molecule has 0 spiro atoms. The van der Waals surface area contributed by atoms with Crippen molar-refractivity contribution in [2.24, 2.45) is 0 Å². The molecule has 1 saturated carbocycles. The highest BCUT2D eigenvalue weighted by Crippen LogP contribution is 2.19. The molecule has 5 heteroatoms. The average Bonchev–Trinajstić information content (AvgIpc) is 2.74. The molecular weight excluding hydrogens is 212 g/mol. The predicted octanol–water partition coefficient (Wildman–Crippen LogP) is 0.0686. The quantitative estimate of drug-likeness (QED) is 0.628. The minimum absolute atomic E-state index is 0.0122. The topological polar surface area (TPSA) is 61.4 Å². The molecule has 1 unspecified atom stereocenters. The van der Waals surface area contributed by atoms with Crippen molar-refractivity contribution < 1.29 is 9.90 Å². The summed E-state index contributed by atoms with van der Waals surface area (Å²) in [6.45, 7) is 0. The fraction of sp³-hybridized carbons (Fsp3) is 0.900. The van der Waals surface area contributed by atoms with E-state index in [-0.39, 0.29) is 24.1 Å². The molecule has 2 rings (SSSR count). The van der Waals surface area contributed by atoms with Gasteiger partial charge in [-0.25, -0.2) is 0 Å². The number of carbonyl (C=O) groups is 1. The molecule has 0 aromatic heterocycles. The lowest BCUT2D eigenvalue weighted by atomic mass is 9.93. The van der Waals surface area contributed by atoms with E-state index < -0.39 is 0 Å². The summed E-state index contributed by atoms with van der Waals surface area (Å²) in [6.07, 6.45) is 3.30. The molecule has 0 aromatic rings. The Morgan fingerprint density at radius 1 is 1.33 bits per heavy atom. The lowest BCUT2D eigenvalue weighted by Gasteiger charge is -2.27. The van der Waals surface area contributed by atoms with E-state index >= 15 is 0 Å². The Kier molecular flexibility index (Phi) is 3.88. The van der Waals surface area contributed by atoms with Gasteiger partial charge >= 0.3 is 0 Å². The fourth-order valence-corrected chi connectivity index (χ4v) is 3.03. The van der Waals surface area contributed by atoms with Crippen molar-refractivity contribution in [3.8, 4) is 0 Å². The van der Waals surface area contributed by atoms with E-state index in [1.54, 1.807) is 11.8 Å². The number of hydrogen-bond donors (Lipinski definition) is 3. The van der Waals surface area contributed by atoms with Crippen LogP contribution in [-0.2, 0) is 4.79 Å². The number of amides is 1. The van der Waals surface area contributed by atoms with E-state index in [9.17, 15) is 9.90 Å². The molecule has 0 radical (unpaired) electrons. The highest BCUT2D eigenvalue weighted by atomic mass is 32.2. The van der Waals surface area contributed by atoms with Crippen LogP contribution in [0, 0.1) is 0 Å². The standard InChI is InChI=1S/C10H18N2O2S/c13-8-3-1-7(2-4-8)12-10(14)9-5-15-6-11-9/h7-9,11,13H,1-6H2,(H,12,14). The van der Waals surface area contributed by atoms with Crippen LogP contribution in [0.25, 0.3) is 0 Å². The molecule has 4 nitrogen and oxygen atoms in total. The summed E-state index contributed by atoms with van der Waals surface area (Å²) in [7, 11) is 0. The highest BCUT2D eigenvalue weighted by molar-refractivity contribution is 7.99. The monoisotopic (exact) mass is 230 g/mol. The minimum Gasteiger partial charge on any atom is -0.393 e. The van der Waals surface area contributed by atoms with Crippen LogP contribution in [0.1, 0.15) is 25.7 Å². The molecule has 3 N–H and O–H groups in total. The molecule has 1 heterocycles. The van der Waals surface area contributed by atoms with Crippen molar-refractivity contribution >= 4 is 17.7 Å². The van der Waals surface area contributed by atoms with Crippen LogP contribution < -0.4 is 10.6 Å². The maximum atomic E-state index is 11.7. The van der Waals surface area contributed by atoms with Crippen LogP contribution in [0.15, 0.2) is 0 Å². The SMILES string of the molecule is O=C(NC1CCC(O)CC1)C1CSCN1. The van der Waals surface area contributed by atoms with Gasteiger partial charge in [-0.15, -0.1) is 11.8 Å². The van der Waals surface area contributed by atoms with Gasteiger partial charge in [-0.1, -0.05) is 0 Å². The summed E-state index contributed by atoms with van der Waals surface area (Å²) in [5.74, 6) is 1.88. The second-order valence-electron chi connectivity index (χ2n) is 4.29. The third-order valence-electron chi connectivity index (χ3n) is 3.08. The Labute approximate surface area is 94.2 Å². The molecule has 1 aliphatic carbocycles. The number of carbonyl (C=O) groups excluding carboxylic acids is 1. The molecule has 2 aliphatic rings. The van der Waals surface area contributed by atoms with Crippen molar-refractivity contribution in [3.05, 3.63) is 0 Å². The lowest BCUT2D eigenvalue weighted by molar-refractivity contribution is -0.123. The number of thioether (sulfide) groups is 1. The van der Waals surface area contributed by atoms with Gasteiger partial charge in [0.25, 0.3) is 0 Å². The smallest absolute Gasteiger partial charge is 0.238 e. The van der Waals surface area contributed by atoms with E-state index in [4.69, 9.17) is 0 Å². The second-order valence-corrected chi connectivity index (χ2v) is 5.32. The Bertz CT molecular complexity index is 223. The minimum atomic E-state index is -0.154. The van der Waals surface area contributed by atoms with Crippen molar-refractivity contribution in [1.29, 1.82) is 0 Å². The predicted molar refractivity (Wildman–Crippen MR) is 60.7 cm³/mol. The van der Waals surface area contributed by atoms with Gasteiger partial charge in [0, 0.05) is 17.7 Å². The van der Waals surface area contributed by atoms with E-state index in [2.05, 4.69) is 10.6 Å². The summed E-state index contributed by atoms with van der Waals surface area (Å²) in [6, 6.07) is 0.259. The van der Waals surface area contributed by atoms with Gasteiger partial charge in [-0.2, -0.15) is 0 Å². The van der Waals surface area contributed by atoms with Gasteiger partial charge in [0.1, 0.15) is 0 Å². The largest absolute Gasteiger partial charge is 0.393 e. The molecule has 86 valence electrons. The molecule has 2 fully saturated rings. The van der Waals surface area contributed by atoms with Gasteiger partial charge in [-0.05, 0) is 25.7 Å². The Morgan fingerprint density at radius 3 is 2.67 bits per heavy atom. The molecule has 1 aliphatic heterocycles. The van der Waals surface area contributed by atoms with Crippen LogP contribution in [0.5, 0.6) is 0 Å². The zero-order valence-corrected chi connectivity index (χ0v) is 9.55. The third kappa shape index (κ3) is 3.09. The Balaban J connectivity index is 1.74. The fourth-order valence-electron chi connectivity index (χ4n) is 2.09. The van der Waals surface area contributed by atoms with Crippen LogP contribution in [0.4, 0.5) is 0 Å². The van der Waals surface area contributed by atoms with Gasteiger partial charge in [-0.3, -0.25) is 10.1 Å². The first kappa shape index (κ1) is 11.2. The number of nitrogens with one attached hydrogen (secondary N) is 2. The first-order valence-corrected chi connectivity index (χ1v) is 6.71. The summed E-state index contributed by atoms with van der Waals surface area (Å²) < 4.78 is 0. The zero-order valence-electron chi connectivity index (χ0n) is 8.74. The van der Waals surface area contributed by atoms with E-state index in [0.717, 1.165) is 37.3 Å². The van der Waals surface area contributed by atoms with Crippen molar-refractivity contribution in [2.75, 3.05) is 11.6 Å². The second kappa shape index (κ2) is 5.18. The molecule has 1 atom stereocenters. The van der Waals surface area contributed by atoms with Crippen LogP contribution in [0.2, 0.25) is 0 Å². The number of aliphatic hydroxyl groups is 1. The third-order valence-corrected chi connectivity index (χ3v) is 4.02. The lowest BCUT2D eigenvalue weighted by Crippen LogP contribution is -2.47. The highest BCUT2D eigenvalue weighted by Gasteiger charge is 2.26. The van der Waals surface area contributed by atoms with Crippen LogP contribution in [0.3, 0.4) is 0 Å². The number of hydrogen-bond acceptors (Lipinski definition) is 4. The van der Waals surface area contributed by atoms with Gasteiger partial charge < -0.3 is 10.4 Å². The molecule has 1 amide bonds. The normalized spacial score (nSPS) is 36.5. The molecule has 0 aromatic carbocycles. The van der Waals surface area contributed by atoms with Crippen LogP contribution >= 0.6 is 11.8 Å². The molecule has 1 saturated heterocycles. The number of aliphatic hydroxyl groups excluding tert-OH is 1. The van der Waals surface area contributed by atoms with E-state index in [1.165, 1.54) is 0 Å². The van der Waals surface area contributed by atoms with E-state index in [1.807, 2.05) is 0 Å². The maximum absolute atomic E-state index is 11.7. The van der Waals surface area contributed by atoms with Crippen molar-refractivity contribution in [2.45, 2.75) is 43.9 Å². The Hall–Kier alpha value is -0.260. The number of rotatable bonds is 2. The molecular formula is C10H18N2O2S. The van der Waals surface area contributed by atoms with Gasteiger partial charge in [0.05, 0.1) is 12.1 Å². The Morgan fingerprint density at radius 2 is 2.07 bits per heavy atom. The summed E-state index contributed by atoms with van der Waals surface area (Å²) in [5.41, 5.74) is 0. The van der Waals surface area contributed by atoms with Gasteiger partial charge in [0.2, 0.25) is 5.91 Å². The van der Waals surface area contributed by atoms with Gasteiger partial charge in [0.15, 0.2) is 0 Å². The maximum Gasteiger partial charge on any atom is 0.238 e. The first-order chi connectivity index (χ1) is 7.25. The molecule has 15 heavy (non-hydrogen) atoms. The van der Waals surface area contributed by atoms with Crippen LogP contribution in [-0.4, -0.2) is 40.8 Å². The first-order valence-electron chi connectivity index (χ1n) is 5.55. The zero-order chi connectivity index (χ0) is 10.7. The molecule has 0 bridgehead atoms. The summed E-state index contributed by atoms with van der Waals surface area (Å²) in [4.78, 5) is 11.7. The summed E-state index contributed by atoms with van der Waals surface area (Å²) in [5, 5.41) is 15.6.